The number of halogens is 1. The Balaban J connectivity index is 2.22. The van der Waals surface area contributed by atoms with Crippen molar-refractivity contribution in [2.24, 2.45) is 0 Å². The summed E-state index contributed by atoms with van der Waals surface area (Å²) in [7, 11) is -3.76. The van der Waals surface area contributed by atoms with Gasteiger partial charge >= 0.3 is 0 Å². The quantitative estimate of drug-likeness (QED) is 0.375. The zero-order valence-corrected chi connectivity index (χ0v) is 22.5. The number of anilines is 1. The third-order valence-electron chi connectivity index (χ3n) is 6.09. The number of para-hydroxylation sites is 1. The molecule has 2 aromatic carbocycles. The number of benzene rings is 2. The molecule has 0 radical (unpaired) electrons. The average molecular weight is 520 g/mol. The van der Waals surface area contributed by atoms with Gasteiger partial charge in [-0.3, -0.25) is 13.9 Å². The highest BCUT2D eigenvalue weighted by Gasteiger charge is 2.29. The standard InChI is InChI=1S/C27H38FN3O4S/c1-5-7-18-29-27(33)24(6-2)30(20-22-14-9-8-13-21(22)3)26(32)17-12-19-31(36(4,34)35)25-16-11-10-15-23(25)28/h8-11,13-16,24H,5-7,12,17-20H2,1-4H3,(H,29,33)/t24-/m0/s1. The maximum absolute atomic E-state index is 14.3. The van der Waals surface area contributed by atoms with E-state index in [1.54, 1.807) is 11.0 Å². The molecule has 0 bridgehead atoms. The van der Waals surface area contributed by atoms with Gasteiger partial charge in [-0.25, -0.2) is 12.8 Å². The highest BCUT2D eigenvalue weighted by atomic mass is 32.2. The van der Waals surface area contributed by atoms with Crippen molar-refractivity contribution in [3.8, 4) is 0 Å². The first-order chi connectivity index (χ1) is 17.1. The van der Waals surface area contributed by atoms with Crippen molar-refractivity contribution in [3.05, 3.63) is 65.5 Å². The maximum Gasteiger partial charge on any atom is 0.242 e. The van der Waals surface area contributed by atoms with Gasteiger partial charge in [0.1, 0.15) is 11.9 Å². The molecule has 0 unspecified atom stereocenters. The molecule has 7 nitrogen and oxygen atoms in total. The number of nitrogens with zero attached hydrogens (tertiary/aromatic N) is 2. The van der Waals surface area contributed by atoms with Gasteiger partial charge in [0.05, 0.1) is 11.9 Å². The Morgan fingerprint density at radius 2 is 1.69 bits per heavy atom. The van der Waals surface area contributed by atoms with Crippen molar-refractivity contribution in [2.45, 2.75) is 65.5 Å². The molecule has 0 saturated carbocycles. The highest BCUT2D eigenvalue weighted by Crippen LogP contribution is 2.23. The molecule has 36 heavy (non-hydrogen) atoms. The molecule has 0 aliphatic heterocycles. The molecule has 1 atom stereocenters. The molecule has 0 fully saturated rings. The first-order valence-corrected chi connectivity index (χ1v) is 14.3. The number of rotatable bonds is 14. The van der Waals surface area contributed by atoms with E-state index >= 15 is 0 Å². The maximum atomic E-state index is 14.3. The van der Waals surface area contributed by atoms with E-state index in [4.69, 9.17) is 0 Å². The smallest absolute Gasteiger partial charge is 0.242 e. The van der Waals surface area contributed by atoms with E-state index in [9.17, 15) is 22.4 Å². The number of sulfonamides is 1. The van der Waals surface area contributed by atoms with Gasteiger partial charge in [-0.15, -0.1) is 0 Å². The molecule has 9 heteroatoms. The van der Waals surface area contributed by atoms with Crippen molar-refractivity contribution in [1.29, 1.82) is 0 Å². The van der Waals surface area contributed by atoms with Gasteiger partial charge in [0.15, 0.2) is 0 Å². The molecule has 0 aliphatic carbocycles. The molecule has 0 heterocycles. The van der Waals surface area contributed by atoms with Crippen molar-refractivity contribution >= 4 is 27.5 Å². The van der Waals surface area contributed by atoms with Crippen LogP contribution in [0.4, 0.5) is 10.1 Å². The second-order valence-corrected chi connectivity index (χ2v) is 10.8. The molecule has 0 aromatic heterocycles. The van der Waals surface area contributed by atoms with Gasteiger partial charge in [0.25, 0.3) is 0 Å². The largest absolute Gasteiger partial charge is 0.354 e. The predicted octanol–water partition coefficient (Wildman–Crippen LogP) is 4.40. The van der Waals surface area contributed by atoms with Crippen molar-refractivity contribution in [1.82, 2.24) is 10.2 Å². The Hall–Kier alpha value is -2.94. The molecule has 0 saturated heterocycles. The molecule has 1 N–H and O–H groups in total. The van der Waals surface area contributed by atoms with Gasteiger partial charge in [-0.2, -0.15) is 0 Å². The van der Waals surface area contributed by atoms with Gasteiger partial charge in [-0.05, 0) is 49.4 Å². The number of amides is 2. The van der Waals surface area contributed by atoms with E-state index in [-0.39, 0.29) is 43.4 Å². The van der Waals surface area contributed by atoms with E-state index in [0.29, 0.717) is 13.0 Å². The number of hydrogen-bond acceptors (Lipinski definition) is 4. The predicted molar refractivity (Wildman–Crippen MR) is 142 cm³/mol. The lowest BCUT2D eigenvalue weighted by Crippen LogP contribution is -2.49. The Labute approximate surface area is 214 Å². The molecule has 2 rings (SSSR count). The van der Waals surface area contributed by atoms with Crippen LogP contribution in [0.5, 0.6) is 0 Å². The number of carbonyl (C=O) groups excluding carboxylic acids is 2. The van der Waals surface area contributed by atoms with Crippen LogP contribution in [-0.2, 0) is 26.2 Å². The minimum absolute atomic E-state index is 0.0189. The molecular formula is C27H38FN3O4S. The van der Waals surface area contributed by atoms with E-state index in [1.807, 2.05) is 45.0 Å². The first-order valence-electron chi connectivity index (χ1n) is 12.4. The summed E-state index contributed by atoms with van der Waals surface area (Å²) in [6, 6.07) is 12.7. The van der Waals surface area contributed by atoms with E-state index in [2.05, 4.69) is 5.32 Å². The topological polar surface area (TPSA) is 86.8 Å². The van der Waals surface area contributed by atoms with Crippen molar-refractivity contribution in [2.75, 3.05) is 23.7 Å². The Bertz CT molecular complexity index is 1120. The minimum atomic E-state index is -3.76. The average Bonchev–Trinajstić information content (AvgIpc) is 2.83. The molecule has 2 amide bonds. The lowest BCUT2D eigenvalue weighted by atomic mass is 10.1. The first kappa shape index (κ1) is 29.3. The van der Waals surface area contributed by atoms with Crippen LogP contribution in [0.2, 0.25) is 0 Å². The molecule has 0 spiro atoms. The Kier molecular flexibility index (Phi) is 11.4. The number of aryl methyl sites for hydroxylation is 1. The highest BCUT2D eigenvalue weighted by molar-refractivity contribution is 7.92. The van der Waals surface area contributed by atoms with E-state index in [1.165, 1.54) is 18.2 Å². The van der Waals surface area contributed by atoms with E-state index in [0.717, 1.165) is 34.5 Å². The van der Waals surface area contributed by atoms with Crippen LogP contribution in [0.1, 0.15) is 57.1 Å². The van der Waals surface area contributed by atoms with Crippen LogP contribution in [0.15, 0.2) is 48.5 Å². The van der Waals surface area contributed by atoms with Crippen molar-refractivity contribution < 1.29 is 22.4 Å². The number of hydrogen-bond donors (Lipinski definition) is 1. The van der Waals surface area contributed by atoms with Gasteiger partial charge in [-0.1, -0.05) is 56.7 Å². The third-order valence-corrected chi connectivity index (χ3v) is 7.27. The molecule has 0 aliphatic rings. The van der Waals surface area contributed by atoms with Crippen LogP contribution >= 0.6 is 0 Å². The lowest BCUT2D eigenvalue weighted by molar-refractivity contribution is -0.141. The van der Waals surface area contributed by atoms with Gasteiger partial charge in [0.2, 0.25) is 21.8 Å². The second kappa shape index (κ2) is 14.0. The van der Waals surface area contributed by atoms with Crippen LogP contribution in [0.3, 0.4) is 0 Å². The van der Waals surface area contributed by atoms with Gasteiger partial charge in [0, 0.05) is 26.1 Å². The SMILES string of the molecule is CCCCNC(=O)[C@H](CC)N(Cc1ccccc1C)C(=O)CCCN(c1ccccc1F)S(C)(=O)=O. The second-order valence-electron chi connectivity index (χ2n) is 8.91. The summed E-state index contributed by atoms with van der Waals surface area (Å²) < 4.78 is 40.0. The summed E-state index contributed by atoms with van der Waals surface area (Å²) in [6.45, 7) is 6.63. The van der Waals surface area contributed by atoms with Crippen LogP contribution in [0.25, 0.3) is 0 Å². The fraction of sp³-hybridized carbons (Fsp3) is 0.481. The number of nitrogens with one attached hydrogen (secondary N) is 1. The Morgan fingerprint density at radius 1 is 1.03 bits per heavy atom. The third kappa shape index (κ3) is 8.33. The van der Waals surface area contributed by atoms with Crippen LogP contribution < -0.4 is 9.62 Å². The van der Waals surface area contributed by atoms with E-state index < -0.39 is 21.9 Å². The number of unbranched alkanes of at least 4 members (excludes halogenated alkanes) is 1. The minimum Gasteiger partial charge on any atom is -0.354 e. The number of carbonyl (C=O) groups is 2. The summed E-state index contributed by atoms with van der Waals surface area (Å²) >= 11 is 0. The monoisotopic (exact) mass is 519 g/mol. The lowest BCUT2D eigenvalue weighted by Gasteiger charge is -2.31. The molecule has 198 valence electrons. The normalized spacial score (nSPS) is 12.1. The summed E-state index contributed by atoms with van der Waals surface area (Å²) in [5.41, 5.74) is 1.90. The summed E-state index contributed by atoms with van der Waals surface area (Å²) in [4.78, 5) is 28.0. The summed E-state index contributed by atoms with van der Waals surface area (Å²) in [6.07, 6.45) is 3.45. The fourth-order valence-corrected chi connectivity index (χ4v) is 5.00. The molecular weight excluding hydrogens is 481 g/mol. The van der Waals surface area contributed by atoms with Crippen molar-refractivity contribution in [3.63, 3.8) is 0 Å². The van der Waals surface area contributed by atoms with Crippen LogP contribution in [0, 0.1) is 12.7 Å². The summed E-state index contributed by atoms with van der Waals surface area (Å²) in [5, 5.41) is 2.93. The zero-order valence-electron chi connectivity index (χ0n) is 21.7. The summed E-state index contributed by atoms with van der Waals surface area (Å²) in [5.74, 6) is -1.10. The fourth-order valence-electron chi connectivity index (χ4n) is 4.03. The van der Waals surface area contributed by atoms with Gasteiger partial charge < -0.3 is 10.2 Å². The van der Waals surface area contributed by atoms with Crippen LogP contribution in [-0.4, -0.2) is 50.5 Å². The zero-order chi connectivity index (χ0) is 26.7. The molecule has 2 aromatic rings. The Morgan fingerprint density at radius 3 is 2.31 bits per heavy atom.